The lowest BCUT2D eigenvalue weighted by atomic mass is 9.54. The number of hydrogen-bond acceptors (Lipinski definition) is 3. The Morgan fingerprint density at radius 2 is 2.00 bits per heavy atom. The Morgan fingerprint density at radius 3 is 2.70 bits per heavy atom. The van der Waals surface area contributed by atoms with Gasteiger partial charge < -0.3 is 5.32 Å². The smallest absolute Gasteiger partial charge is 0.116 e. The normalized spacial score (nSPS) is 30.7. The summed E-state index contributed by atoms with van der Waals surface area (Å²) in [5.41, 5.74) is 4.13. The molecule has 2 heterocycles. The highest BCUT2D eigenvalue weighted by molar-refractivity contribution is 5.79. The fraction of sp³-hybridized carbons (Fsp3) is 0.684. The van der Waals surface area contributed by atoms with E-state index in [1.807, 2.05) is 0 Å². The van der Waals surface area contributed by atoms with Crippen LogP contribution in [-0.2, 0) is 12.0 Å². The van der Waals surface area contributed by atoms with Crippen LogP contribution in [0.4, 0.5) is 0 Å². The summed E-state index contributed by atoms with van der Waals surface area (Å²) >= 11 is 0. The molecule has 0 radical (unpaired) electrons. The molecule has 4 heteroatoms. The van der Waals surface area contributed by atoms with Crippen LogP contribution in [0.3, 0.4) is 0 Å². The van der Waals surface area contributed by atoms with Crippen molar-refractivity contribution in [2.45, 2.75) is 57.9 Å². The second-order valence-electron chi connectivity index (χ2n) is 7.36. The predicted molar refractivity (Wildman–Crippen MR) is 93.5 cm³/mol. The summed E-state index contributed by atoms with van der Waals surface area (Å²) in [4.78, 5) is 0. The van der Waals surface area contributed by atoms with Crippen LogP contribution in [0, 0.1) is 11.8 Å². The number of hydrogen-bond donors (Lipinski definition) is 1. The largest absolute Gasteiger partial charge is 0.316 e. The minimum atomic E-state index is 0.288. The second kappa shape index (κ2) is 5.90. The molecule has 2 atom stereocenters. The molecule has 2 unspecified atom stereocenters. The van der Waals surface area contributed by atoms with Crippen LogP contribution in [-0.4, -0.2) is 28.1 Å². The molecule has 23 heavy (non-hydrogen) atoms. The first-order chi connectivity index (χ1) is 11.3. The van der Waals surface area contributed by atoms with Gasteiger partial charge in [-0.05, 0) is 62.2 Å². The molecule has 1 saturated carbocycles. The first-order valence-corrected chi connectivity index (χ1v) is 9.34. The van der Waals surface area contributed by atoms with Crippen LogP contribution in [0.2, 0.25) is 0 Å². The molecule has 0 spiro atoms. The Bertz CT molecular complexity index is 668. The summed E-state index contributed by atoms with van der Waals surface area (Å²) < 4.78 is 2.08. The highest BCUT2D eigenvalue weighted by Crippen LogP contribution is 2.52. The molecule has 1 saturated heterocycles. The number of aromatic nitrogens is 3. The van der Waals surface area contributed by atoms with Gasteiger partial charge in [0, 0.05) is 12.0 Å². The van der Waals surface area contributed by atoms with Crippen molar-refractivity contribution in [2.75, 3.05) is 13.1 Å². The first-order valence-electron chi connectivity index (χ1n) is 9.34. The molecule has 1 aliphatic heterocycles. The molecule has 2 aromatic rings. The third-order valence-corrected chi connectivity index (χ3v) is 6.41. The molecule has 1 aromatic heterocycles. The maximum absolute atomic E-state index is 4.63. The van der Waals surface area contributed by atoms with Crippen LogP contribution >= 0.6 is 0 Å². The van der Waals surface area contributed by atoms with Crippen molar-refractivity contribution in [3.8, 4) is 0 Å². The molecular weight excluding hydrogens is 284 g/mol. The molecule has 1 aliphatic carbocycles. The lowest BCUT2D eigenvalue weighted by molar-refractivity contribution is 0.0635. The van der Waals surface area contributed by atoms with E-state index in [9.17, 15) is 0 Å². The first kappa shape index (κ1) is 15.1. The summed E-state index contributed by atoms with van der Waals surface area (Å²) in [6.45, 7) is 7.84. The number of rotatable bonds is 4. The fourth-order valence-corrected chi connectivity index (χ4v) is 5.41. The monoisotopic (exact) mass is 312 g/mol. The minimum Gasteiger partial charge on any atom is -0.316 e. The van der Waals surface area contributed by atoms with Gasteiger partial charge in [-0.3, -0.25) is 0 Å². The Kier molecular flexibility index (Phi) is 3.88. The third kappa shape index (κ3) is 2.14. The van der Waals surface area contributed by atoms with Gasteiger partial charge in [-0.1, -0.05) is 37.6 Å². The number of piperidine rings is 1. The Labute approximate surface area is 138 Å². The quantitative estimate of drug-likeness (QED) is 0.939. The van der Waals surface area contributed by atoms with E-state index >= 15 is 0 Å². The zero-order chi connectivity index (χ0) is 15.9. The van der Waals surface area contributed by atoms with E-state index in [-0.39, 0.29) is 5.41 Å². The molecular formula is C19H28N4. The maximum Gasteiger partial charge on any atom is 0.116 e. The molecule has 0 amide bonds. The molecule has 2 bridgehead atoms. The second-order valence-corrected chi connectivity index (χ2v) is 7.36. The van der Waals surface area contributed by atoms with Crippen molar-refractivity contribution in [2.24, 2.45) is 11.8 Å². The molecule has 2 aliphatic rings. The maximum atomic E-state index is 4.63. The van der Waals surface area contributed by atoms with E-state index < -0.39 is 0 Å². The van der Waals surface area contributed by atoms with Crippen molar-refractivity contribution in [1.82, 2.24) is 20.3 Å². The number of benzene rings is 1. The SMILES string of the molecule is CCCn1nnc2c(C3(CC)C4CCCC3CNC4)cccc21. The summed E-state index contributed by atoms with van der Waals surface area (Å²) in [5, 5.41) is 12.8. The van der Waals surface area contributed by atoms with Crippen LogP contribution < -0.4 is 5.32 Å². The highest BCUT2D eigenvalue weighted by atomic mass is 15.4. The minimum absolute atomic E-state index is 0.288. The predicted octanol–water partition coefficient (Wildman–Crippen LogP) is 3.51. The lowest BCUT2D eigenvalue weighted by Gasteiger charge is -2.53. The van der Waals surface area contributed by atoms with E-state index in [0.29, 0.717) is 0 Å². The summed E-state index contributed by atoms with van der Waals surface area (Å²) in [6.07, 6.45) is 6.38. The van der Waals surface area contributed by atoms with Crippen LogP contribution in [0.5, 0.6) is 0 Å². The fourth-order valence-electron chi connectivity index (χ4n) is 5.41. The van der Waals surface area contributed by atoms with E-state index in [1.54, 1.807) is 0 Å². The summed E-state index contributed by atoms with van der Waals surface area (Å²) in [7, 11) is 0. The highest BCUT2D eigenvalue weighted by Gasteiger charge is 2.50. The molecule has 2 fully saturated rings. The zero-order valence-corrected chi connectivity index (χ0v) is 14.4. The van der Waals surface area contributed by atoms with E-state index in [1.165, 1.54) is 36.8 Å². The van der Waals surface area contributed by atoms with Crippen molar-refractivity contribution in [3.05, 3.63) is 23.8 Å². The van der Waals surface area contributed by atoms with Gasteiger partial charge in [0.05, 0.1) is 5.52 Å². The van der Waals surface area contributed by atoms with Gasteiger partial charge in [-0.25, -0.2) is 4.68 Å². The number of fused-ring (bicyclic) bond motifs is 3. The van der Waals surface area contributed by atoms with Gasteiger partial charge in [-0.15, -0.1) is 5.10 Å². The van der Waals surface area contributed by atoms with Crippen molar-refractivity contribution >= 4 is 11.0 Å². The number of nitrogens with zero attached hydrogens (tertiary/aromatic N) is 3. The van der Waals surface area contributed by atoms with Crippen molar-refractivity contribution in [1.29, 1.82) is 0 Å². The Morgan fingerprint density at radius 1 is 1.22 bits per heavy atom. The molecule has 4 nitrogen and oxygen atoms in total. The van der Waals surface area contributed by atoms with E-state index in [0.717, 1.165) is 43.4 Å². The van der Waals surface area contributed by atoms with Gasteiger partial charge in [0.1, 0.15) is 5.52 Å². The van der Waals surface area contributed by atoms with Gasteiger partial charge in [0.25, 0.3) is 0 Å². The zero-order valence-electron chi connectivity index (χ0n) is 14.4. The lowest BCUT2D eigenvalue weighted by Crippen LogP contribution is -2.56. The topological polar surface area (TPSA) is 42.7 Å². The Balaban J connectivity index is 1.89. The van der Waals surface area contributed by atoms with Gasteiger partial charge in [0.15, 0.2) is 0 Å². The molecule has 1 N–H and O–H groups in total. The molecule has 1 aromatic carbocycles. The van der Waals surface area contributed by atoms with Gasteiger partial charge >= 0.3 is 0 Å². The van der Waals surface area contributed by atoms with Gasteiger partial charge in [0.2, 0.25) is 0 Å². The van der Waals surface area contributed by atoms with Crippen LogP contribution in [0.15, 0.2) is 18.2 Å². The average Bonchev–Trinajstić information content (AvgIpc) is 2.97. The summed E-state index contributed by atoms with van der Waals surface area (Å²) in [5.74, 6) is 1.48. The standard InChI is InChI=1S/C19H28N4/c1-3-11-23-17-10-6-9-16(18(17)21-22-23)19(4-2)14-7-5-8-15(19)13-20-12-14/h6,9-10,14-15,20H,3-5,7-8,11-13H2,1-2H3. The van der Waals surface area contributed by atoms with Gasteiger partial charge in [-0.2, -0.15) is 0 Å². The van der Waals surface area contributed by atoms with Crippen molar-refractivity contribution in [3.63, 3.8) is 0 Å². The van der Waals surface area contributed by atoms with E-state index in [4.69, 9.17) is 0 Å². The third-order valence-electron chi connectivity index (χ3n) is 6.41. The van der Waals surface area contributed by atoms with Crippen molar-refractivity contribution < 1.29 is 0 Å². The average molecular weight is 312 g/mol. The molecule has 4 rings (SSSR count). The number of aryl methyl sites for hydroxylation is 1. The summed E-state index contributed by atoms with van der Waals surface area (Å²) in [6, 6.07) is 6.75. The number of nitrogens with one attached hydrogen (secondary N) is 1. The van der Waals surface area contributed by atoms with E-state index in [2.05, 4.69) is 52.4 Å². The van der Waals surface area contributed by atoms with Crippen LogP contribution in [0.1, 0.15) is 51.5 Å². The Hall–Kier alpha value is -1.42. The molecule has 124 valence electrons. The van der Waals surface area contributed by atoms with Crippen LogP contribution in [0.25, 0.3) is 11.0 Å².